The van der Waals surface area contributed by atoms with Gasteiger partial charge in [0.15, 0.2) is 0 Å². The Labute approximate surface area is 134 Å². The van der Waals surface area contributed by atoms with Crippen LogP contribution in [-0.2, 0) is 4.79 Å². The summed E-state index contributed by atoms with van der Waals surface area (Å²) in [6, 6.07) is 0. The topological polar surface area (TPSA) is 17.1 Å². The zero-order valence-electron chi connectivity index (χ0n) is 11.8. The molecule has 1 aliphatic carbocycles. The van der Waals surface area contributed by atoms with Crippen LogP contribution in [0.15, 0.2) is 12.2 Å². The lowest BCUT2D eigenvalue weighted by atomic mass is 10.0. The van der Waals surface area contributed by atoms with Crippen LogP contribution < -0.4 is 0 Å². The maximum atomic E-state index is 11.6. The number of alkyl halides is 2. The fourth-order valence-electron chi connectivity index (χ4n) is 2.42. The molecule has 0 saturated heterocycles. The van der Waals surface area contributed by atoms with Gasteiger partial charge < -0.3 is 0 Å². The molecule has 2 atom stereocenters. The van der Waals surface area contributed by atoms with E-state index in [1.165, 1.54) is 44.9 Å². The normalized spacial score (nSPS) is 29.3. The van der Waals surface area contributed by atoms with Gasteiger partial charge in [-0.25, -0.2) is 0 Å². The molecule has 0 aromatic heterocycles. The fourth-order valence-corrected chi connectivity index (χ4v) is 3.60. The molecule has 0 radical (unpaired) electrons. The van der Waals surface area contributed by atoms with Gasteiger partial charge in [0.1, 0.15) is 5.78 Å². The first-order valence-corrected chi connectivity index (χ1v) is 9.48. The standard InChI is InChI=1S/C16H26Br2O/c17-15-12-8-3-1-2-6-10-14(19)11-7-4-5-9-13-16(15)18/h4,7,15-16H,1-3,5-6,8-13H2. The van der Waals surface area contributed by atoms with Crippen molar-refractivity contribution in [1.29, 1.82) is 0 Å². The highest BCUT2D eigenvalue weighted by Crippen LogP contribution is 2.25. The number of hydrogen-bond donors (Lipinski definition) is 0. The molecule has 110 valence electrons. The van der Waals surface area contributed by atoms with Crippen molar-refractivity contribution in [2.75, 3.05) is 0 Å². The van der Waals surface area contributed by atoms with Crippen LogP contribution in [0.4, 0.5) is 0 Å². The van der Waals surface area contributed by atoms with Crippen LogP contribution in [0.1, 0.15) is 70.6 Å². The van der Waals surface area contributed by atoms with Crippen LogP contribution in [0.3, 0.4) is 0 Å². The van der Waals surface area contributed by atoms with Gasteiger partial charge in [-0.1, -0.05) is 69.7 Å². The van der Waals surface area contributed by atoms with Crippen molar-refractivity contribution in [3.8, 4) is 0 Å². The Kier molecular flexibility index (Phi) is 10.2. The lowest BCUT2D eigenvalue weighted by molar-refractivity contribution is -0.118. The van der Waals surface area contributed by atoms with E-state index in [0.717, 1.165) is 19.3 Å². The Morgan fingerprint density at radius 2 is 1.47 bits per heavy atom. The quantitative estimate of drug-likeness (QED) is 0.367. The second-order valence-electron chi connectivity index (χ2n) is 5.48. The van der Waals surface area contributed by atoms with Gasteiger partial charge >= 0.3 is 0 Å². The first kappa shape index (κ1) is 17.4. The predicted molar refractivity (Wildman–Crippen MR) is 90.4 cm³/mol. The van der Waals surface area contributed by atoms with E-state index in [-0.39, 0.29) is 0 Å². The molecule has 0 aromatic carbocycles. The minimum absolute atomic E-state index is 0.405. The summed E-state index contributed by atoms with van der Waals surface area (Å²) in [5.41, 5.74) is 0. The highest BCUT2D eigenvalue weighted by Gasteiger charge is 2.14. The second kappa shape index (κ2) is 11.1. The van der Waals surface area contributed by atoms with Crippen LogP contribution in [0.2, 0.25) is 0 Å². The van der Waals surface area contributed by atoms with Crippen molar-refractivity contribution in [2.24, 2.45) is 0 Å². The van der Waals surface area contributed by atoms with Gasteiger partial charge in [-0.3, -0.25) is 4.79 Å². The molecule has 0 heterocycles. The molecule has 2 unspecified atom stereocenters. The van der Waals surface area contributed by atoms with Crippen LogP contribution in [0.25, 0.3) is 0 Å². The first-order chi connectivity index (χ1) is 9.20. The summed E-state index contributed by atoms with van der Waals surface area (Å²) in [5.74, 6) is 0.405. The lowest BCUT2D eigenvalue weighted by Crippen LogP contribution is -2.13. The Morgan fingerprint density at radius 3 is 2.26 bits per heavy atom. The molecular formula is C16H26Br2O. The zero-order valence-corrected chi connectivity index (χ0v) is 14.9. The third-order valence-electron chi connectivity index (χ3n) is 3.69. The first-order valence-electron chi connectivity index (χ1n) is 7.65. The van der Waals surface area contributed by atoms with E-state index in [2.05, 4.69) is 44.0 Å². The molecule has 19 heavy (non-hydrogen) atoms. The molecule has 0 fully saturated rings. The fraction of sp³-hybridized carbons (Fsp3) is 0.812. The maximum Gasteiger partial charge on any atom is 0.136 e. The maximum absolute atomic E-state index is 11.6. The molecule has 0 bridgehead atoms. The Morgan fingerprint density at radius 1 is 0.842 bits per heavy atom. The van der Waals surface area contributed by atoms with Gasteiger partial charge in [0.2, 0.25) is 0 Å². The molecule has 0 amide bonds. The lowest BCUT2D eigenvalue weighted by Gasteiger charge is -2.16. The smallest absolute Gasteiger partial charge is 0.136 e. The third-order valence-corrected chi connectivity index (χ3v) is 6.59. The van der Waals surface area contributed by atoms with Crippen molar-refractivity contribution < 1.29 is 4.79 Å². The number of carbonyl (C=O) groups excluding carboxylic acids is 1. The van der Waals surface area contributed by atoms with Crippen molar-refractivity contribution in [3.05, 3.63) is 12.2 Å². The van der Waals surface area contributed by atoms with Crippen molar-refractivity contribution in [2.45, 2.75) is 80.3 Å². The molecule has 0 spiro atoms. The van der Waals surface area contributed by atoms with E-state index in [0.29, 0.717) is 21.9 Å². The molecule has 1 nitrogen and oxygen atoms in total. The number of hydrogen-bond acceptors (Lipinski definition) is 1. The van der Waals surface area contributed by atoms with E-state index in [9.17, 15) is 4.79 Å². The number of allylic oxidation sites excluding steroid dienone is 2. The van der Waals surface area contributed by atoms with Crippen LogP contribution in [0.5, 0.6) is 0 Å². The van der Waals surface area contributed by atoms with Crippen LogP contribution in [-0.4, -0.2) is 15.4 Å². The summed E-state index contributed by atoms with van der Waals surface area (Å²) in [5, 5.41) is 0. The molecule has 0 aliphatic heterocycles. The molecule has 0 saturated carbocycles. The summed E-state index contributed by atoms with van der Waals surface area (Å²) >= 11 is 7.60. The molecule has 0 N–H and O–H groups in total. The number of ketones is 1. The van der Waals surface area contributed by atoms with Crippen LogP contribution in [0, 0.1) is 0 Å². The van der Waals surface area contributed by atoms with Crippen molar-refractivity contribution in [1.82, 2.24) is 0 Å². The van der Waals surface area contributed by atoms with Gasteiger partial charge in [-0.05, 0) is 32.1 Å². The van der Waals surface area contributed by atoms with E-state index < -0.39 is 0 Å². The molecule has 1 rings (SSSR count). The molecule has 0 aromatic rings. The second-order valence-corrected chi connectivity index (χ2v) is 7.84. The van der Waals surface area contributed by atoms with Crippen LogP contribution >= 0.6 is 31.9 Å². The summed E-state index contributed by atoms with van der Waals surface area (Å²) in [6.07, 6.45) is 16.5. The van der Waals surface area contributed by atoms with E-state index >= 15 is 0 Å². The predicted octanol–water partition coefficient (Wildman–Crippen LogP) is 5.94. The highest BCUT2D eigenvalue weighted by molar-refractivity contribution is 9.12. The minimum Gasteiger partial charge on any atom is -0.299 e. The number of rotatable bonds is 0. The Balaban J connectivity index is 2.36. The van der Waals surface area contributed by atoms with Crippen molar-refractivity contribution >= 4 is 37.6 Å². The monoisotopic (exact) mass is 392 g/mol. The van der Waals surface area contributed by atoms with E-state index in [1.807, 2.05) is 0 Å². The van der Waals surface area contributed by atoms with E-state index in [4.69, 9.17) is 0 Å². The molecule has 3 heteroatoms. The third kappa shape index (κ3) is 9.01. The average Bonchev–Trinajstić information content (AvgIpc) is 2.39. The van der Waals surface area contributed by atoms with Gasteiger partial charge in [-0.15, -0.1) is 0 Å². The minimum atomic E-state index is 0.405. The Hall–Kier alpha value is 0.370. The summed E-state index contributed by atoms with van der Waals surface area (Å²) in [4.78, 5) is 12.8. The number of halogens is 2. The summed E-state index contributed by atoms with van der Waals surface area (Å²) in [6.45, 7) is 0. The van der Waals surface area contributed by atoms with Crippen molar-refractivity contribution in [3.63, 3.8) is 0 Å². The van der Waals surface area contributed by atoms with Gasteiger partial charge in [0.25, 0.3) is 0 Å². The van der Waals surface area contributed by atoms with Gasteiger partial charge in [-0.2, -0.15) is 0 Å². The number of Topliss-reactive ketones (excluding diaryl/α,β-unsaturated/α-hetero) is 1. The highest BCUT2D eigenvalue weighted by atomic mass is 79.9. The van der Waals surface area contributed by atoms with Gasteiger partial charge in [0, 0.05) is 22.5 Å². The summed E-state index contributed by atoms with van der Waals surface area (Å²) < 4.78 is 0. The van der Waals surface area contributed by atoms with E-state index in [1.54, 1.807) is 0 Å². The Bertz CT molecular complexity index is 276. The largest absolute Gasteiger partial charge is 0.299 e. The average molecular weight is 394 g/mol. The summed E-state index contributed by atoms with van der Waals surface area (Å²) in [7, 11) is 0. The molecular weight excluding hydrogens is 368 g/mol. The SMILES string of the molecule is O=C1CC=CCCCC(Br)C(Br)CCCCCCC1. The molecule has 1 aliphatic rings. The number of carbonyl (C=O) groups is 1. The zero-order chi connectivity index (χ0) is 13.9. The van der Waals surface area contributed by atoms with Gasteiger partial charge in [0.05, 0.1) is 0 Å².